The Morgan fingerprint density at radius 2 is 2.00 bits per heavy atom. The third kappa shape index (κ3) is 7.59. The van der Waals surface area contributed by atoms with Crippen LogP contribution in [0.15, 0.2) is 4.99 Å². The van der Waals surface area contributed by atoms with Crippen molar-refractivity contribution in [3.05, 3.63) is 0 Å². The van der Waals surface area contributed by atoms with Gasteiger partial charge in [0.25, 0.3) is 0 Å². The minimum absolute atomic E-state index is 0.00256. The summed E-state index contributed by atoms with van der Waals surface area (Å²) in [6, 6.07) is 0. The molecule has 4 N–H and O–H groups in total. The average Bonchev–Trinajstić information content (AvgIpc) is 2.01. The first kappa shape index (κ1) is 12.2. The largest absolute Gasteiger partial charge is 0.351 e. The van der Waals surface area contributed by atoms with E-state index in [0.717, 1.165) is 19.4 Å². The number of nitrogens with zero attached hydrogens (tertiary/aromatic N) is 1. The highest BCUT2D eigenvalue weighted by Crippen LogP contribution is 1.97. The Labute approximate surface area is 81.0 Å². The number of hydrazine groups is 1. The molecule has 0 unspecified atom stereocenters. The molecular weight excluding hydrogens is 164 g/mol. The van der Waals surface area contributed by atoms with E-state index in [1.807, 2.05) is 0 Å². The summed E-state index contributed by atoms with van der Waals surface area (Å²) >= 11 is 0. The highest BCUT2D eigenvalue weighted by molar-refractivity contribution is 5.79. The van der Waals surface area contributed by atoms with E-state index in [1.54, 1.807) is 0 Å². The van der Waals surface area contributed by atoms with Crippen molar-refractivity contribution in [3.63, 3.8) is 0 Å². The molecule has 0 heterocycles. The number of nitrogens with one attached hydrogen (secondary N) is 2. The second-order valence-corrected chi connectivity index (χ2v) is 4.10. The summed E-state index contributed by atoms with van der Waals surface area (Å²) in [6.45, 7) is 9.17. The van der Waals surface area contributed by atoms with E-state index in [-0.39, 0.29) is 5.54 Å². The molecule has 0 rings (SSSR count). The van der Waals surface area contributed by atoms with Crippen molar-refractivity contribution < 1.29 is 0 Å². The summed E-state index contributed by atoms with van der Waals surface area (Å²) in [4.78, 5) is 4.29. The molecule has 0 aliphatic heterocycles. The Bertz CT molecular complexity index is 157. The zero-order valence-electron chi connectivity index (χ0n) is 9.15. The first-order valence-corrected chi connectivity index (χ1v) is 4.79. The van der Waals surface area contributed by atoms with Crippen LogP contribution < -0.4 is 16.6 Å². The van der Waals surface area contributed by atoms with Crippen LogP contribution in [0.25, 0.3) is 0 Å². The molecule has 0 radical (unpaired) electrons. The second kappa shape index (κ2) is 5.80. The molecule has 0 saturated heterocycles. The summed E-state index contributed by atoms with van der Waals surface area (Å²) in [7, 11) is 0. The first-order valence-electron chi connectivity index (χ1n) is 4.79. The zero-order valence-corrected chi connectivity index (χ0v) is 9.15. The van der Waals surface area contributed by atoms with Crippen LogP contribution >= 0.6 is 0 Å². The zero-order chi connectivity index (χ0) is 10.3. The normalized spacial score (nSPS) is 12.8. The van der Waals surface area contributed by atoms with Gasteiger partial charge in [0.1, 0.15) is 0 Å². The Balaban J connectivity index is 3.94. The number of hydrogen-bond acceptors (Lipinski definition) is 2. The van der Waals surface area contributed by atoms with Crippen LogP contribution in [0.4, 0.5) is 0 Å². The van der Waals surface area contributed by atoms with Gasteiger partial charge in [0, 0.05) is 12.1 Å². The minimum Gasteiger partial charge on any atom is -0.351 e. The molecule has 0 bridgehead atoms. The molecule has 4 heteroatoms. The summed E-state index contributed by atoms with van der Waals surface area (Å²) in [5.41, 5.74) is 2.55. The molecule has 4 nitrogen and oxygen atoms in total. The Hall–Kier alpha value is -0.770. The van der Waals surface area contributed by atoms with Crippen LogP contribution in [-0.2, 0) is 0 Å². The molecule has 0 amide bonds. The molecule has 0 aromatic rings. The van der Waals surface area contributed by atoms with Crippen molar-refractivity contribution in [1.82, 2.24) is 10.7 Å². The highest BCUT2D eigenvalue weighted by atomic mass is 15.3. The quantitative estimate of drug-likeness (QED) is 0.202. The van der Waals surface area contributed by atoms with Crippen LogP contribution in [0.1, 0.15) is 40.5 Å². The van der Waals surface area contributed by atoms with Crippen LogP contribution in [0.3, 0.4) is 0 Å². The molecule has 0 aliphatic rings. The Kier molecular flexibility index (Phi) is 5.46. The van der Waals surface area contributed by atoms with Gasteiger partial charge in [-0.3, -0.25) is 10.4 Å². The number of hydrogen-bond donors (Lipinski definition) is 3. The summed E-state index contributed by atoms with van der Waals surface area (Å²) in [5.74, 6) is 5.99. The van der Waals surface area contributed by atoms with E-state index in [0.29, 0.717) is 5.96 Å². The predicted molar refractivity (Wildman–Crippen MR) is 57.4 cm³/mol. The molecule has 0 aliphatic carbocycles. The fraction of sp³-hybridized carbons (Fsp3) is 0.889. The van der Waals surface area contributed by atoms with Crippen molar-refractivity contribution in [3.8, 4) is 0 Å². The smallest absolute Gasteiger partial charge is 0.206 e. The molecule has 78 valence electrons. The maximum atomic E-state index is 5.32. The SMILES string of the molecule is CCCCN=C(NN)NC(C)(C)C. The average molecular weight is 186 g/mol. The van der Waals surface area contributed by atoms with E-state index in [1.165, 1.54) is 0 Å². The minimum atomic E-state index is -0.00256. The summed E-state index contributed by atoms with van der Waals surface area (Å²) in [6.07, 6.45) is 2.24. The Morgan fingerprint density at radius 3 is 2.38 bits per heavy atom. The van der Waals surface area contributed by atoms with Crippen molar-refractivity contribution >= 4 is 5.96 Å². The van der Waals surface area contributed by atoms with E-state index in [2.05, 4.69) is 43.4 Å². The fourth-order valence-electron chi connectivity index (χ4n) is 0.825. The fourth-order valence-corrected chi connectivity index (χ4v) is 0.825. The lowest BCUT2D eigenvalue weighted by Gasteiger charge is -2.22. The van der Waals surface area contributed by atoms with E-state index in [9.17, 15) is 0 Å². The topological polar surface area (TPSA) is 62.4 Å². The van der Waals surface area contributed by atoms with Crippen LogP contribution in [0.5, 0.6) is 0 Å². The van der Waals surface area contributed by atoms with Crippen molar-refractivity contribution in [2.45, 2.75) is 46.1 Å². The number of nitrogens with two attached hydrogens (primary N) is 1. The van der Waals surface area contributed by atoms with Crippen molar-refractivity contribution in [2.75, 3.05) is 6.54 Å². The standard InChI is InChI=1S/C9H22N4/c1-5-6-7-11-8(13-10)12-9(2,3)4/h5-7,10H2,1-4H3,(H2,11,12,13). The lowest BCUT2D eigenvalue weighted by molar-refractivity contribution is 0.501. The molecule has 0 spiro atoms. The highest BCUT2D eigenvalue weighted by Gasteiger charge is 2.10. The number of rotatable bonds is 3. The maximum absolute atomic E-state index is 5.32. The van der Waals surface area contributed by atoms with Crippen LogP contribution in [0, 0.1) is 0 Å². The maximum Gasteiger partial charge on any atom is 0.206 e. The van der Waals surface area contributed by atoms with E-state index < -0.39 is 0 Å². The van der Waals surface area contributed by atoms with Gasteiger partial charge in [-0.2, -0.15) is 0 Å². The predicted octanol–water partition coefficient (Wildman–Crippen LogP) is 0.994. The van der Waals surface area contributed by atoms with Crippen LogP contribution in [0.2, 0.25) is 0 Å². The molecule has 0 saturated carbocycles. The van der Waals surface area contributed by atoms with Crippen molar-refractivity contribution in [1.29, 1.82) is 0 Å². The van der Waals surface area contributed by atoms with Gasteiger partial charge >= 0.3 is 0 Å². The van der Waals surface area contributed by atoms with Crippen LogP contribution in [-0.4, -0.2) is 18.0 Å². The summed E-state index contributed by atoms with van der Waals surface area (Å²) < 4.78 is 0. The van der Waals surface area contributed by atoms with Gasteiger partial charge in [0.15, 0.2) is 0 Å². The van der Waals surface area contributed by atoms with Gasteiger partial charge in [0.2, 0.25) is 5.96 Å². The molecule has 0 aromatic heterocycles. The van der Waals surface area contributed by atoms with Gasteiger partial charge in [0.05, 0.1) is 0 Å². The van der Waals surface area contributed by atoms with Gasteiger partial charge in [-0.25, -0.2) is 5.84 Å². The lowest BCUT2D eigenvalue weighted by Crippen LogP contribution is -2.50. The summed E-state index contributed by atoms with van der Waals surface area (Å²) in [5, 5.41) is 3.18. The van der Waals surface area contributed by atoms with Gasteiger partial charge in [-0.1, -0.05) is 13.3 Å². The van der Waals surface area contributed by atoms with E-state index >= 15 is 0 Å². The second-order valence-electron chi connectivity index (χ2n) is 4.10. The van der Waals surface area contributed by atoms with Gasteiger partial charge < -0.3 is 5.32 Å². The molecule has 0 aromatic carbocycles. The van der Waals surface area contributed by atoms with Gasteiger partial charge in [-0.05, 0) is 27.2 Å². The van der Waals surface area contributed by atoms with E-state index in [4.69, 9.17) is 5.84 Å². The third-order valence-electron chi connectivity index (χ3n) is 1.41. The first-order chi connectivity index (χ1) is 5.99. The number of aliphatic imine (C=N–C) groups is 1. The Morgan fingerprint density at radius 1 is 1.38 bits per heavy atom. The molecule has 0 atom stereocenters. The third-order valence-corrected chi connectivity index (χ3v) is 1.41. The molecular formula is C9H22N4. The van der Waals surface area contributed by atoms with Gasteiger partial charge in [-0.15, -0.1) is 0 Å². The molecule has 0 fully saturated rings. The molecule has 13 heavy (non-hydrogen) atoms. The number of unbranched alkanes of at least 4 members (excludes halogenated alkanes) is 1. The van der Waals surface area contributed by atoms with Crippen molar-refractivity contribution in [2.24, 2.45) is 10.8 Å². The number of guanidine groups is 1. The lowest BCUT2D eigenvalue weighted by atomic mass is 10.1. The monoisotopic (exact) mass is 186 g/mol.